The van der Waals surface area contributed by atoms with Crippen LogP contribution in [0.3, 0.4) is 0 Å². The maximum Gasteiger partial charge on any atom is 0.127 e. The Labute approximate surface area is 115 Å². The van der Waals surface area contributed by atoms with Crippen molar-refractivity contribution in [1.29, 1.82) is 0 Å². The van der Waals surface area contributed by atoms with Crippen LogP contribution in [0, 0.1) is 0 Å². The minimum atomic E-state index is 0. The molecule has 0 saturated heterocycles. The van der Waals surface area contributed by atoms with E-state index >= 15 is 0 Å². The van der Waals surface area contributed by atoms with Gasteiger partial charge in [-0.15, -0.1) is 0 Å². The van der Waals surface area contributed by atoms with Gasteiger partial charge < -0.3 is 4.74 Å². The highest BCUT2D eigenvalue weighted by Crippen LogP contribution is 2.24. The molecule has 2 aromatic carbocycles. The Morgan fingerprint density at radius 3 is 1.25 bits per heavy atom. The van der Waals surface area contributed by atoms with Crippen LogP contribution in [0.5, 0.6) is 11.5 Å². The monoisotopic (exact) mass is 357 g/mol. The molecular formula is C12H8Br2OP. The zero-order valence-corrected chi connectivity index (χ0v) is 12.3. The molecule has 0 N–H and O–H groups in total. The molecule has 2 aromatic rings. The molecule has 81 valence electrons. The number of ether oxygens (including phenoxy) is 1. The summed E-state index contributed by atoms with van der Waals surface area (Å²) in [6.07, 6.45) is 0. The third kappa shape index (κ3) is 3.89. The van der Waals surface area contributed by atoms with Gasteiger partial charge in [-0.25, -0.2) is 0 Å². The fourth-order valence-electron chi connectivity index (χ4n) is 1.14. The van der Waals surface area contributed by atoms with Crippen molar-refractivity contribution in [1.82, 2.24) is 0 Å². The first kappa shape index (κ1) is 13.7. The van der Waals surface area contributed by atoms with E-state index in [1.165, 1.54) is 0 Å². The molecule has 3 radical (unpaired) electrons. The highest BCUT2D eigenvalue weighted by atomic mass is 79.9. The zero-order valence-electron chi connectivity index (χ0n) is 8.23. The van der Waals surface area contributed by atoms with Crippen molar-refractivity contribution < 1.29 is 4.74 Å². The van der Waals surface area contributed by atoms with Crippen molar-refractivity contribution in [3.8, 4) is 11.5 Å². The first-order valence-corrected chi connectivity index (χ1v) is 6.01. The highest BCUT2D eigenvalue weighted by Gasteiger charge is 1.96. The van der Waals surface area contributed by atoms with Gasteiger partial charge in [0.2, 0.25) is 0 Å². The SMILES string of the molecule is Brc1ccc(Oc2ccc(Br)cc2)cc1.[P]. The number of hydrogen-bond donors (Lipinski definition) is 0. The summed E-state index contributed by atoms with van der Waals surface area (Å²) >= 11 is 6.76. The van der Waals surface area contributed by atoms with Crippen LogP contribution in [0.2, 0.25) is 0 Å². The largest absolute Gasteiger partial charge is 0.457 e. The van der Waals surface area contributed by atoms with Gasteiger partial charge in [-0.1, -0.05) is 31.9 Å². The lowest BCUT2D eigenvalue weighted by molar-refractivity contribution is 0.482. The summed E-state index contributed by atoms with van der Waals surface area (Å²) in [6.45, 7) is 0. The molecule has 0 aliphatic carbocycles. The molecular weight excluding hydrogens is 351 g/mol. The van der Waals surface area contributed by atoms with Crippen molar-refractivity contribution in [2.24, 2.45) is 0 Å². The molecule has 0 spiro atoms. The predicted molar refractivity (Wildman–Crippen MR) is 75.3 cm³/mol. The minimum Gasteiger partial charge on any atom is -0.457 e. The summed E-state index contributed by atoms with van der Waals surface area (Å²) in [5.74, 6) is 1.67. The molecule has 2 rings (SSSR count). The lowest BCUT2D eigenvalue weighted by Gasteiger charge is -2.05. The quantitative estimate of drug-likeness (QED) is 0.610. The molecule has 4 heteroatoms. The molecule has 0 aliphatic heterocycles. The van der Waals surface area contributed by atoms with Crippen LogP contribution in [-0.4, -0.2) is 0 Å². The van der Waals surface area contributed by atoms with Crippen molar-refractivity contribution in [3.05, 3.63) is 57.5 Å². The molecule has 1 nitrogen and oxygen atoms in total. The molecule has 16 heavy (non-hydrogen) atoms. The minimum absolute atomic E-state index is 0. The van der Waals surface area contributed by atoms with Crippen LogP contribution in [0.4, 0.5) is 0 Å². The van der Waals surface area contributed by atoms with Gasteiger partial charge >= 0.3 is 0 Å². The zero-order chi connectivity index (χ0) is 10.7. The van der Waals surface area contributed by atoms with Crippen molar-refractivity contribution in [3.63, 3.8) is 0 Å². The fourth-order valence-corrected chi connectivity index (χ4v) is 1.67. The van der Waals surface area contributed by atoms with E-state index in [2.05, 4.69) is 31.9 Å². The smallest absolute Gasteiger partial charge is 0.127 e. The van der Waals surface area contributed by atoms with Crippen molar-refractivity contribution in [2.45, 2.75) is 0 Å². The summed E-state index contributed by atoms with van der Waals surface area (Å²) in [7, 11) is 0. The van der Waals surface area contributed by atoms with Gasteiger partial charge in [-0.05, 0) is 48.5 Å². The molecule has 0 atom stereocenters. The first-order valence-electron chi connectivity index (χ1n) is 4.43. The number of benzene rings is 2. The van der Waals surface area contributed by atoms with E-state index < -0.39 is 0 Å². The maximum atomic E-state index is 5.65. The molecule has 0 amide bonds. The van der Waals surface area contributed by atoms with Crippen molar-refractivity contribution >= 4 is 41.8 Å². The third-order valence-electron chi connectivity index (χ3n) is 1.86. The Hall–Kier alpha value is -0.370. The number of rotatable bonds is 2. The summed E-state index contributed by atoms with van der Waals surface area (Å²) in [5.41, 5.74) is 0. The van der Waals surface area contributed by atoms with Gasteiger partial charge in [-0.2, -0.15) is 0 Å². The molecule has 0 unspecified atom stereocenters. The second kappa shape index (κ2) is 6.39. The van der Waals surface area contributed by atoms with E-state index in [9.17, 15) is 0 Å². The average Bonchev–Trinajstić information content (AvgIpc) is 2.25. The molecule has 0 bridgehead atoms. The Morgan fingerprint density at radius 2 is 0.938 bits per heavy atom. The van der Waals surface area contributed by atoms with E-state index in [0.717, 1.165) is 20.4 Å². The molecule has 0 fully saturated rings. The summed E-state index contributed by atoms with van der Waals surface area (Å²) in [6, 6.07) is 15.5. The lowest BCUT2D eigenvalue weighted by Crippen LogP contribution is -1.82. The number of halogens is 2. The van der Waals surface area contributed by atoms with Gasteiger partial charge in [-0.3, -0.25) is 0 Å². The average molecular weight is 359 g/mol. The third-order valence-corrected chi connectivity index (χ3v) is 2.92. The fraction of sp³-hybridized carbons (Fsp3) is 0. The van der Waals surface area contributed by atoms with E-state index in [4.69, 9.17) is 4.74 Å². The van der Waals surface area contributed by atoms with Gasteiger partial charge in [0.05, 0.1) is 0 Å². The Kier molecular flexibility index (Phi) is 5.47. The van der Waals surface area contributed by atoms with Crippen LogP contribution in [-0.2, 0) is 0 Å². The van der Waals surface area contributed by atoms with E-state index in [-0.39, 0.29) is 9.90 Å². The van der Waals surface area contributed by atoms with Gasteiger partial charge in [0.15, 0.2) is 0 Å². The summed E-state index contributed by atoms with van der Waals surface area (Å²) in [5, 5.41) is 0. The van der Waals surface area contributed by atoms with E-state index in [1.54, 1.807) is 0 Å². The van der Waals surface area contributed by atoms with Gasteiger partial charge in [0.1, 0.15) is 11.5 Å². The topological polar surface area (TPSA) is 9.23 Å². The number of hydrogen-bond acceptors (Lipinski definition) is 1. The molecule has 0 aromatic heterocycles. The summed E-state index contributed by atoms with van der Waals surface area (Å²) < 4.78 is 7.74. The molecule has 0 aliphatic rings. The highest BCUT2D eigenvalue weighted by molar-refractivity contribution is 9.10. The Morgan fingerprint density at radius 1 is 0.625 bits per heavy atom. The van der Waals surface area contributed by atoms with Crippen LogP contribution in [0.1, 0.15) is 0 Å². The van der Waals surface area contributed by atoms with Gasteiger partial charge in [0, 0.05) is 18.8 Å². The van der Waals surface area contributed by atoms with E-state index in [1.807, 2.05) is 48.5 Å². The second-order valence-corrected chi connectivity index (χ2v) is 4.84. The molecule has 0 heterocycles. The lowest BCUT2D eigenvalue weighted by atomic mass is 10.3. The Bertz CT molecular complexity index is 396. The van der Waals surface area contributed by atoms with Crippen LogP contribution >= 0.6 is 41.8 Å². The standard InChI is InChI=1S/C12H8Br2O.P/c13-9-1-5-11(6-2-9)15-12-7-3-10(14)4-8-12;/h1-8H;. The Balaban J connectivity index is 0.00000128. The van der Waals surface area contributed by atoms with Crippen LogP contribution in [0.15, 0.2) is 57.5 Å². The molecule has 0 saturated carbocycles. The predicted octanol–water partition coefficient (Wildman–Crippen LogP) is 5.87. The van der Waals surface area contributed by atoms with Gasteiger partial charge in [0.25, 0.3) is 0 Å². The second-order valence-electron chi connectivity index (χ2n) is 3.01. The maximum absolute atomic E-state index is 5.65. The first-order chi connectivity index (χ1) is 7.24. The normalized spacial score (nSPS) is 9.38. The van der Waals surface area contributed by atoms with Crippen LogP contribution < -0.4 is 4.74 Å². The van der Waals surface area contributed by atoms with E-state index in [0.29, 0.717) is 0 Å². The van der Waals surface area contributed by atoms with Crippen LogP contribution in [0.25, 0.3) is 0 Å². The van der Waals surface area contributed by atoms with Crippen molar-refractivity contribution in [2.75, 3.05) is 0 Å². The summed E-state index contributed by atoms with van der Waals surface area (Å²) in [4.78, 5) is 0.